The summed E-state index contributed by atoms with van der Waals surface area (Å²) < 4.78 is 12.2. The number of rotatable bonds is 10. The first kappa shape index (κ1) is 29.7. The molecule has 43 heavy (non-hydrogen) atoms. The summed E-state index contributed by atoms with van der Waals surface area (Å²) in [6.45, 7) is -0.452. The number of likely N-dealkylation sites (N-methyl/N-ethyl adjacent to an activating group) is 1. The van der Waals surface area contributed by atoms with Gasteiger partial charge in [0.2, 0.25) is 5.91 Å². The lowest BCUT2D eigenvalue weighted by molar-refractivity contribution is -0.131. The Morgan fingerprint density at radius 2 is 1.63 bits per heavy atom. The molecule has 0 radical (unpaired) electrons. The molecule has 4 atom stereocenters. The van der Waals surface area contributed by atoms with Crippen molar-refractivity contribution in [1.29, 1.82) is 0 Å². The van der Waals surface area contributed by atoms with E-state index in [1.54, 1.807) is 42.5 Å². The summed E-state index contributed by atoms with van der Waals surface area (Å²) in [5, 5.41) is 23.5. The summed E-state index contributed by atoms with van der Waals surface area (Å²) in [6.07, 6.45) is -3.83. The number of anilines is 1. The molecule has 3 heterocycles. The van der Waals surface area contributed by atoms with Crippen molar-refractivity contribution in [3.63, 3.8) is 0 Å². The van der Waals surface area contributed by atoms with Gasteiger partial charge in [-0.05, 0) is 30.3 Å². The maximum Gasteiger partial charge on any atom is 0.351 e. The van der Waals surface area contributed by atoms with Crippen LogP contribution in [0, 0.1) is 0 Å². The van der Waals surface area contributed by atoms with Crippen LogP contribution in [0.4, 0.5) is 5.82 Å². The Labute approximate surface area is 245 Å². The molecular formula is C29H29N5O9. The molecule has 3 aromatic rings. The minimum Gasteiger partial charge on any atom is -0.387 e. The van der Waals surface area contributed by atoms with E-state index in [1.165, 1.54) is 36.3 Å². The van der Waals surface area contributed by atoms with Gasteiger partial charge in [0.05, 0.1) is 24.3 Å². The first-order valence-electron chi connectivity index (χ1n) is 13.4. The van der Waals surface area contributed by atoms with E-state index in [0.717, 1.165) is 9.47 Å². The zero-order chi connectivity index (χ0) is 30.7. The van der Waals surface area contributed by atoms with Crippen LogP contribution in [0.1, 0.15) is 37.3 Å². The van der Waals surface area contributed by atoms with Crippen LogP contribution in [-0.2, 0) is 14.3 Å². The average Bonchev–Trinajstić information content (AvgIpc) is 3.42. The maximum atomic E-state index is 12.6. The Balaban J connectivity index is 1.09. The average molecular weight is 592 g/mol. The molecule has 224 valence electrons. The van der Waals surface area contributed by atoms with Crippen molar-refractivity contribution >= 4 is 29.4 Å². The Kier molecular flexibility index (Phi) is 8.73. The van der Waals surface area contributed by atoms with Gasteiger partial charge in [0.1, 0.15) is 30.7 Å². The molecule has 2 aromatic carbocycles. The second kappa shape index (κ2) is 12.6. The molecule has 0 spiro atoms. The number of fused-ring (bicyclic) bond motifs is 1. The highest BCUT2D eigenvalue weighted by atomic mass is 16.6. The van der Waals surface area contributed by atoms with E-state index in [0.29, 0.717) is 5.56 Å². The third-order valence-electron chi connectivity index (χ3n) is 7.17. The molecule has 4 amide bonds. The van der Waals surface area contributed by atoms with Gasteiger partial charge in [-0.2, -0.15) is 4.98 Å². The number of imide groups is 1. The van der Waals surface area contributed by atoms with Crippen LogP contribution in [0.2, 0.25) is 0 Å². The molecule has 2 aliphatic rings. The lowest BCUT2D eigenvalue weighted by Gasteiger charge is -2.21. The summed E-state index contributed by atoms with van der Waals surface area (Å²) in [7, 11) is 1.50. The molecule has 5 rings (SSSR count). The van der Waals surface area contributed by atoms with Crippen LogP contribution >= 0.6 is 0 Å². The lowest BCUT2D eigenvalue weighted by atomic mass is 10.1. The van der Waals surface area contributed by atoms with Crippen molar-refractivity contribution in [2.24, 2.45) is 0 Å². The summed E-state index contributed by atoms with van der Waals surface area (Å²) >= 11 is 0. The van der Waals surface area contributed by atoms with E-state index in [-0.39, 0.29) is 36.7 Å². The van der Waals surface area contributed by atoms with Gasteiger partial charge in [-0.1, -0.05) is 30.3 Å². The van der Waals surface area contributed by atoms with Crippen LogP contribution in [0.15, 0.2) is 71.7 Å². The molecule has 1 saturated heterocycles. The number of hydrogen-bond donors (Lipinski definition) is 3. The van der Waals surface area contributed by atoms with Gasteiger partial charge in [0.15, 0.2) is 6.23 Å². The van der Waals surface area contributed by atoms with Gasteiger partial charge in [-0.15, -0.1) is 0 Å². The standard InChI is InChI=1S/C29H29N5O9/c1-32(22(35)15-34-26(39)18-9-5-6-10-19(18)27(34)40)13-14-42-16-20-23(36)24(37)28(43-20)33-12-11-21(31-29(33)41)30-25(38)17-7-3-2-4-8-17/h2-12,20,23-24,28,36-37H,13-16H2,1H3,(H,30,31,38,41)/t20-,23?,24+,28-/m1/s1. The fraction of sp³-hybridized carbons (Fsp3) is 0.310. The van der Waals surface area contributed by atoms with E-state index < -0.39 is 60.4 Å². The minimum atomic E-state index is -1.47. The number of aromatic nitrogens is 2. The Hall–Kier alpha value is -4.76. The number of carbonyl (C=O) groups is 4. The predicted molar refractivity (Wildman–Crippen MR) is 149 cm³/mol. The van der Waals surface area contributed by atoms with Gasteiger partial charge in [-0.3, -0.25) is 28.6 Å². The van der Waals surface area contributed by atoms with Crippen LogP contribution in [0.3, 0.4) is 0 Å². The molecule has 2 aliphatic heterocycles. The normalized spacial score (nSPS) is 21.1. The Morgan fingerprint density at radius 1 is 0.977 bits per heavy atom. The monoisotopic (exact) mass is 591 g/mol. The second-order valence-electron chi connectivity index (χ2n) is 10.0. The van der Waals surface area contributed by atoms with Gasteiger partial charge in [0.25, 0.3) is 17.7 Å². The fourth-order valence-electron chi connectivity index (χ4n) is 4.72. The van der Waals surface area contributed by atoms with Crippen molar-refractivity contribution in [1.82, 2.24) is 19.4 Å². The number of aliphatic hydroxyl groups is 2. The van der Waals surface area contributed by atoms with Crippen molar-refractivity contribution in [2.75, 3.05) is 38.7 Å². The third kappa shape index (κ3) is 6.22. The number of ether oxygens (including phenoxy) is 2. The zero-order valence-electron chi connectivity index (χ0n) is 23.0. The fourth-order valence-corrected chi connectivity index (χ4v) is 4.72. The SMILES string of the molecule is CN(CCOC[C@H]1O[C@@H](n2ccc(NC(=O)c3ccccc3)nc2=O)[C@@H](O)C1O)C(=O)CN1C(=O)c2ccccc2C1=O. The molecule has 1 aromatic heterocycles. The van der Waals surface area contributed by atoms with Crippen LogP contribution in [0.25, 0.3) is 0 Å². The Morgan fingerprint density at radius 3 is 2.28 bits per heavy atom. The summed E-state index contributed by atoms with van der Waals surface area (Å²) in [4.78, 5) is 68.6. The van der Waals surface area contributed by atoms with E-state index in [9.17, 15) is 34.2 Å². The van der Waals surface area contributed by atoms with Crippen molar-refractivity contribution in [3.8, 4) is 0 Å². The topological polar surface area (TPSA) is 181 Å². The number of nitrogens with one attached hydrogen (secondary N) is 1. The smallest absolute Gasteiger partial charge is 0.351 e. The third-order valence-corrected chi connectivity index (χ3v) is 7.17. The van der Waals surface area contributed by atoms with Crippen LogP contribution < -0.4 is 11.0 Å². The lowest BCUT2D eigenvalue weighted by Crippen LogP contribution is -2.42. The van der Waals surface area contributed by atoms with Gasteiger partial charge < -0.3 is 29.9 Å². The molecular weight excluding hydrogens is 562 g/mol. The van der Waals surface area contributed by atoms with Crippen molar-refractivity contribution in [2.45, 2.75) is 24.5 Å². The van der Waals surface area contributed by atoms with Crippen molar-refractivity contribution < 1.29 is 38.9 Å². The van der Waals surface area contributed by atoms with Gasteiger partial charge in [0, 0.05) is 25.4 Å². The van der Waals surface area contributed by atoms with Gasteiger partial charge in [-0.25, -0.2) is 4.79 Å². The van der Waals surface area contributed by atoms with E-state index in [4.69, 9.17) is 9.47 Å². The predicted octanol–water partition coefficient (Wildman–Crippen LogP) is -0.114. The molecule has 14 heteroatoms. The molecule has 1 unspecified atom stereocenters. The highest BCUT2D eigenvalue weighted by Crippen LogP contribution is 2.29. The number of hydrogen-bond acceptors (Lipinski definition) is 10. The molecule has 3 N–H and O–H groups in total. The second-order valence-corrected chi connectivity index (χ2v) is 10.0. The first-order chi connectivity index (χ1) is 20.7. The quantitative estimate of drug-likeness (QED) is 0.213. The number of aliphatic hydroxyl groups excluding tert-OH is 2. The number of benzene rings is 2. The molecule has 1 fully saturated rings. The maximum absolute atomic E-state index is 12.6. The van der Waals surface area contributed by atoms with Crippen LogP contribution in [-0.4, -0.2) is 105 Å². The molecule has 0 bridgehead atoms. The minimum absolute atomic E-state index is 0.00434. The zero-order valence-corrected chi connectivity index (χ0v) is 23.0. The summed E-state index contributed by atoms with van der Waals surface area (Å²) in [5.74, 6) is -1.98. The molecule has 0 saturated carbocycles. The first-order valence-corrected chi connectivity index (χ1v) is 13.4. The number of amides is 4. The number of nitrogens with zero attached hydrogens (tertiary/aromatic N) is 4. The van der Waals surface area contributed by atoms with Gasteiger partial charge >= 0.3 is 5.69 Å². The highest BCUT2D eigenvalue weighted by Gasteiger charge is 2.44. The highest BCUT2D eigenvalue weighted by molar-refractivity contribution is 6.22. The van der Waals surface area contributed by atoms with E-state index >= 15 is 0 Å². The molecule has 14 nitrogen and oxygen atoms in total. The summed E-state index contributed by atoms with van der Waals surface area (Å²) in [6, 6.07) is 16.1. The van der Waals surface area contributed by atoms with Crippen molar-refractivity contribution in [3.05, 3.63) is 94.0 Å². The summed E-state index contributed by atoms with van der Waals surface area (Å²) in [5.41, 5.74) is 0.0747. The van der Waals surface area contributed by atoms with Crippen LogP contribution in [0.5, 0.6) is 0 Å². The largest absolute Gasteiger partial charge is 0.387 e. The molecule has 0 aliphatic carbocycles. The van der Waals surface area contributed by atoms with E-state index in [2.05, 4.69) is 10.3 Å². The number of carbonyl (C=O) groups excluding carboxylic acids is 4. The Bertz CT molecular complexity index is 1560. The van der Waals surface area contributed by atoms with E-state index in [1.807, 2.05) is 0 Å².